The molecule has 0 aliphatic carbocycles. The molecule has 1 saturated heterocycles. The standard InChI is InChI=1S/C14H16N2O/c15-14(17)10-3-1-2-9(6-10)11-7-12-4-5-13(8-11)16-12/h1-3,6-7,12-13,16H,4-5,8H2,(H2,15,17). The number of hydrogen-bond donors (Lipinski definition) is 2. The molecule has 1 aromatic rings. The van der Waals surface area contributed by atoms with Gasteiger partial charge in [-0.05, 0) is 42.5 Å². The number of amides is 1. The van der Waals surface area contributed by atoms with Gasteiger partial charge < -0.3 is 11.1 Å². The van der Waals surface area contributed by atoms with Crippen LogP contribution in [0.3, 0.4) is 0 Å². The van der Waals surface area contributed by atoms with Gasteiger partial charge in [0.05, 0.1) is 0 Å². The normalized spacial score (nSPS) is 26.7. The van der Waals surface area contributed by atoms with E-state index >= 15 is 0 Å². The molecule has 2 unspecified atom stereocenters. The van der Waals surface area contributed by atoms with E-state index < -0.39 is 0 Å². The molecule has 2 atom stereocenters. The number of carbonyl (C=O) groups is 1. The van der Waals surface area contributed by atoms with Crippen molar-refractivity contribution in [1.82, 2.24) is 5.32 Å². The van der Waals surface area contributed by atoms with Gasteiger partial charge in [0, 0.05) is 17.6 Å². The molecule has 3 rings (SSSR count). The molecule has 0 radical (unpaired) electrons. The molecular weight excluding hydrogens is 212 g/mol. The van der Waals surface area contributed by atoms with Crippen LogP contribution < -0.4 is 11.1 Å². The van der Waals surface area contributed by atoms with Gasteiger partial charge in [-0.2, -0.15) is 0 Å². The second kappa shape index (κ2) is 4.00. The van der Waals surface area contributed by atoms with Gasteiger partial charge in [-0.1, -0.05) is 18.2 Å². The Morgan fingerprint density at radius 1 is 1.35 bits per heavy atom. The van der Waals surface area contributed by atoms with Gasteiger partial charge in [-0.3, -0.25) is 4.79 Å². The van der Waals surface area contributed by atoms with Crippen LogP contribution in [0.15, 0.2) is 30.3 Å². The lowest BCUT2D eigenvalue weighted by molar-refractivity contribution is 0.100. The van der Waals surface area contributed by atoms with Crippen molar-refractivity contribution in [3.63, 3.8) is 0 Å². The maximum atomic E-state index is 11.2. The Kier molecular flexibility index (Phi) is 2.48. The molecule has 2 bridgehead atoms. The summed E-state index contributed by atoms with van der Waals surface area (Å²) in [4.78, 5) is 11.2. The van der Waals surface area contributed by atoms with Crippen molar-refractivity contribution in [1.29, 1.82) is 0 Å². The van der Waals surface area contributed by atoms with Crippen molar-refractivity contribution in [2.45, 2.75) is 31.3 Å². The minimum atomic E-state index is -0.357. The first-order valence-electron chi connectivity index (χ1n) is 6.09. The van der Waals surface area contributed by atoms with E-state index in [2.05, 4.69) is 17.5 Å². The fourth-order valence-electron chi connectivity index (χ4n) is 2.81. The molecule has 0 saturated carbocycles. The summed E-state index contributed by atoms with van der Waals surface area (Å²) in [6.07, 6.45) is 5.83. The van der Waals surface area contributed by atoms with Crippen LogP contribution in [-0.2, 0) is 0 Å². The minimum Gasteiger partial charge on any atom is -0.366 e. The van der Waals surface area contributed by atoms with Crippen molar-refractivity contribution in [2.24, 2.45) is 5.73 Å². The Morgan fingerprint density at radius 3 is 3.00 bits per heavy atom. The average Bonchev–Trinajstić information content (AvgIpc) is 2.68. The summed E-state index contributed by atoms with van der Waals surface area (Å²) in [5, 5.41) is 3.56. The summed E-state index contributed by atoms with van der Waals surface area (Å²) in [6, 6.07) is 8.75. The lowest BCUT2D eigenvalue weighted by Crippen LogP contribution is -2.31. The fourth-order valence-corrected chi connectivity index (χ4v) is 2.81. The molecule has 3 N–H and O–H groups in total. The highest BCUT2D eigenvalue weighted by molar-refractivity contribution is 5.93. The van der Waals surface area contributed by atoms with E-state index in [9.17, 15) is 4.79 Å². The van der Waals surface area contributed by atoms with Crippen molar-refractivity contribution in [3.8, 4) is 0 Å². The molecule has 1 fully saturated rings. The number of hydrogen-bond acceptors (Lipinski definition) is 2. The molecule has 2 heterocycles. The van der Waals surface area contributed by atoms with E-state index in [1.807, 2.05) is 12.1 Å². The van der Waals surface area contributed by atoms with Gasteiger partial charge in [0.1, 0.15) is 0 Å². The second-order valence-electron chi connectivity index (χ2n) is 4.89. The SMILES string of the molecule is NC(=O)c1cccc(C2=CC3CCC(C2)N3)c1. The third kappa shape index (κ3) is 1.98. The van der Waals surface area contributed by atoms with Crippen LogP contribution in [0.1, 0.15) is 35.2 Å². The van der Waals surface area contributed by atoms with Crippen LogP contribution >= 0.6 is 0 Å². The van der Waals surface area contributed by atoms with E-state index in [-0.39, 0.29) is 5.91 Å². The predicted molar refractivity (Wildman–Crippen MR) is 67.5 cm³/mol. The van der Waals surface area contributed by atoms with Crippen LogP contribution in [0.2, 0.25) is 0 Å². The predicted octanol–water partition coefficient (Wildman–Crippen LogP) is 1.69. The van der Waals surface area contributed by atoms with E-state index in [1.165, 1.54) is 18.4 Å². The van der Waals surface area contributed by atoms with E-state index in [4.69, 9.17) is 5.73 Å². The van der Waals surface area contributed by atoms with Gasteiger partial charge >= 0.3 is 0 Å². The molecule has 1 amide bonds. The number of benzene rings is 1. The summed E-state index contributed by atoms with van der Waals surface area (Å²) >= 11 is 0. The molecule has 17 heavy (non-hydrogen) atoms. The third-order valence-electron chi connectivity index (χ3n) is 3.66. The Morgan fingerprint density at radius 2 is 2.24 bits per heavy atom. The van der Waals surface area contributed by atoms with Gasteiger partial charge in [0.25, 0.3) is 0 Å². The van der Waals surface area contributed by atoms with Crippen molar-refractivity contribution < 1.29 is 4.79 Å². The number of rotatable bonds is 2. The number of nitrogens with one attached hydrogen (secondary N) is 1. The topological polar surface area (TPSA) is 55.1 Å². The maximum absolute atomic E-state index is 11.2. The maximum Gasteiger partial charge on any atom is 0.248 e. The van der Waals surface area contributed by atoms with Crippen LogP contribution in [0.4, 0.5) is 0 Å². The number of nitrogens with two attached hydrogens (primary N) is 1. The number of carbonyl (C=O) groups excluding carboxylic acids is 1. The second-order valence-corrected chi connectivity index (χ2v) is 4.89. The number of primary amides is 1. The molecule has 2 aliphatic heterocycles. The highest BCUT2D eigenvalue weighted by Crippen LogP contribution is 2.31. The van der Waals surface area contributed by atoms with E-state index in [0.29, 0.717) is 17.6 Å². The Labute approximate surface area is 101 Å². The molecule has 3 nitrogen and oxygen atoms in total. The van der Waals surface area contributed by atoms with Gasteiger partial charge in [0.2, 0.25) is 5.91 Å². The largest absolute Gasteiger partial charge is 0.366 e. The molecular formula is C14H16N2O. The van der Waals surface area contributed by atoms with E-state index in [0.717, 1.165) is 12.0 Å². The zero-order valence-corrected chi connectivity index (χ0v) is 9.65. The molecule has 1 aromatic carbocycles. The molecule has 0 spiro atoms. The zero-order valence-electron chi connectivity index (χ0n) is 9.65. The average molecular weight is 228 g/mol. The third-order valence-corrected chi connectivity index (χ3v) is 3.66. The van der Waals surface area contributed by atoms with Crippen molar-refractivity contribution >= 4 is 11.5 Å². The van der Waals surface area contributed by atoms with Crippen molar-refractivity contribution in [3.05, 3.63) is 41.5 Å². The molecule has 2 aliphatic rings. The lowest BCUT2D eigenvalue weighted by atomic mass is 9.95. The zero-order chi connectivity index (χ0) is 11.8. The summed E-state index contributed by atoms with van der Waals surface area (Å²) in [6.45, 7) is 0. The monoisotopic (exact) mass is 228 g/mol. The number of fused-ring (bicyclic) bond motifs is 2. The first kappa shape index (κ1) is 10.5. The van der Waals surface area contributed by atoms with Crippen LogP contribution in [0, 0.1) is 0 Å². The fraction of sp³-hybridized carbons (Fsp3) is 0.357. The van der Waals surface area contributed by atoms with Gasteiger partial charge in [-0.25, -0.2) is 0 Å². The summed E-state index contributed by atoms with van der Waals surface area (Å²) < 4.78 is 0. The summed E-state index contributed by atoms with van der Waals surface area (Å²) in [5.74, 6) is -0.357. The first-order valence-corrected chi connectivity index (χ1v) is 6.09. The lowest BCUT2D eigenvalue weighted by Gasteiger charge is -2.21. The molecule has 0 aromatic heterocycles. The summed E-state index contributed by atoms with van der Waals surface area (Å²) in [7, 11) is 0. The van der Waals surface area contributed by atoms with Gasteiger partial charge in [0.15, 0.2) is 0 Å². The Bertz CT molecular complexity index is 493. The molecule has 3 heteroatoms. The van der Waals surface area contributed by atoms with E-state index in [1.54, 1.807) is 6.07 Å². The first-order chi connectivity index (χ1) is 8.22. The van der Waals surface area contributed by atoms with Crippen LogP contribution in [0.25, 0.3) is 5.57 Å². The minimum absolute atomic E-state index is 0.357. The molecule has 88 valence electrons. The van der Waals surface area contributed by atoms with Gasteiger partial charge in [-0.15, -0.1) is 0 Å². The van der Waals surface area contributed by atoms with Crippen LogP contribution in [-0.4, -0.2) is 18.0 Å². The van der Waals surface area contributed by atoms with Crippen molar-refractivity contribution in [2.75, 3.05) is 0 Å². The Hall–Kier alpha value is -1.61. The smallest absolute Gasteiger partial charge is 0.248 e. The quantitative estimate of drug-likeness (QED) is 0.809. The highest BCUT2D eigenvalue weighted by atomic mass is 16.1. The highest BCUT2D eigenvalue weighted by Gasteiger charge is 2.28. The van der Waals surface area contributed by atoms with Crippen LogP contribution in [0.5, 0.6) is 0 Å². The Balaban J connectivity index is 1.94. The summed E-state index contributed by atoms with van der Waals surface area (Å²) in [5.41, 5.74) is 8.39.